The van der Waals surface area contributed by atoms with Gasteiger partial charge in [-0.1, -0.05) is 26.2 Å². The molecule has 1 aromatic heterocycles. The van der Waals surface area contributed by atoms with Crippen molar-refractivity contribution in [3.8, 4) is 0 Å². The number of hydrogen-bond donors (Lipinski definition) is 1. The van der Waals surface area contributed by atoms with Crippen molar-refractivity contribution in [2.75, 3.05) is 6.54 Å². The maximum Gasteiger partial charge on any atom is 0.0317 e. The van der Waals surface area contributed by atoms with Gasteiger partial charge in [-0.2, -0.15) is 11.3 Å². The van der Waals surface area contributed by atoms with E-state index < -0.39 is 0 Å². The number of halogens is 1. The van der Waals surface area contributed by atoms with Crippen LogP contribution in [0.5, 0.6) is 0 Å². The van der Waals surface area contributed by atoms with Crippen LogP contribution in [0.3, 0.4) is 0 Å². The second-order valence-corrected chi connectivity index (χ2v) is 9.24. The molecule has 0 aromatic carbocycles. The van der Waals surface area contributed by atoms with E-state index in [1.54, 1.807) is 5.56 Å². The van der Waals surface area contributed by atoms with Crippen molar-refractivity contribution in [2.45, 2.75) is 71.3 Å². The largest absolute Gasteiger partial charge is 0.312 e. The lowest BCUT2D eigenvalue weighted by atomic mass is 9.70. The summed E-state index contributed by atoms with van der Waals surface area (Å²) in [6.45, 7) is 10.3. The molecule has 0 amide bonds. The lowest BCUT2D eigenvalue weighted by Gasteiger charge is -2.38. The molecule has 1 aliphatic rings. The second kappa shape index (κ2) is 7.61. The van der Waals surface area contributed by atoms with Crippen LogP contribution >= 0.6 is 27.3 Å². The van der Waals surface area contributed by atoms with Gasteiger partial charge in [0.05, 0.1) is 0 Å². The number of nitrogens with one attached hydrogen (secondary N) is 1. The molecule has 1 aliphatic carbocycles. The number of hydrogen-bond acceptors (Lipinski definition) is 2. The van der Waals surface area contributed by atoms with Crippen LogP contribution in [0, 0.1) is 11.8 Å². The van der Waals surface area contributed by atoms with Crippen molar-refractivity contribution in [1.29, 1.82) is 0 Å². The van der Waals surface area contributed by atoms with E-state index in [0.29, 0.717) is 0 Å². The van der Waals surface area contributed by atoms with Gasteiger partial charge in [-0.25, -0.2) is 0 Å². The first-order valence-electron chi connectivity index (χ1n) is 8.37. The van der Waals surface area contributed by atoms with Crippen LogP contribution in [0.2, 0.25) is 0 Å². The molecular formula is C18H30BrNS. The molecule has 3 heteroatoms. The zero-order valence-corrected chi connectivity index (χ0v) is 16.3. The van der Waals surface area contributed by atoms with Crippen LogP contribution in [0.25, 0.3) is 0 Å². The molecule has 3 atom stereocenters. The monoisotopic (exact) mass is 371 g/mol. The Labute approximate surface area is 143 Å². The summed E-state index contributed by atoms with van der Waals surface area (Å²) in [5.74, 6) is 2.44. The van der Waals surface area contributed by atoms with Gasteiger partial charge in [-0.3, -0.25) is 0 Å². The molecule has 1 nitrogen and oxygen atoms in total. The Kier molecular flexibility index (Phi) is 6.34. The van der Waals surface area contributed by atoms with E-state index >= 15 is 0 Å². The summed E-state index contributed by atoms with van der Waals surface area (Å²) in [5.41, 5.74) is 1.78. The van der Waals surface area contributed by atoms with Gasteiger partial charge < -0.3 is 5.32 Å². The zero-order valence-electron chi connectivity index (χ0n) is 13.9. The maximum atomic E-state index is 3.77. The van der Waals surface area contributed by atoms with Gasteiger partial charge in [0, 0.05) is 15.4 Å². The lowest BCUT2D eigenvalue weighted by molar-refractivity contribution is 0.209. The maximum absolute atomic E-state index is 3.77. The van der Waals surface area contributed by atoms with E-state index in [1.165, 1.54) is 36.6 Å². The molecule has 0 saturated heterocycles. The summed E-state index contributed by atoms with van der Waals surface area (Å²) in [4.78, 5) is 0. The van der Waals surface area contributed by atoms with Gasteiger partial charge in [-0.15, -0.1) is 0 Å². The highest BCUT2D eigenvalue weighted by Crippen LogP contribution is 2.45. The Bertz CT molecular complexity index is 435. The molecule has 3 unspecified atom stereocenters. The number of thiophene rings is 1. The van der Waals surface area contributed by atoms with E-state index in [1.807, 2.05) is 11.3 Å². The third-order valence-electron chi connectivity index (χ3n) is 4.74. The summed E-state index contributed by atoms with van der Waals surface area (Å²) < 4.78 is 1.33. The molecule has 1 heterocycles. The summed E-state index contributed by atoms with van der Waals surface area (Å²) in [6.07, 6.45) is 6.90. The molecule has 0 spiro atoms. The fourth-order valence-electron chi connectivity index (χ4n) is 3.61. The van der Waals surface area contributed by atoms with Crippen molar-refractivity contribution >= 4 is 27.3 Å². The van der Waals surface area contributed by atoms with Crippen LogP contribution in [-0.4, -0.2) is 12.1 Å². The van der Waals surface area contributed by atoms with E-state index in [4.69, 9.17) is 0 Å². The van der Waals surface area contributed by atoms with E-state index in [-0.39, 0.29) is 5.54 Å². The molecule has 0 bridgehead atoms. The first kappa shape index (κ1) is 17.5. The zero-order chi connectivity index (χ0) is 15.5. The minimum atomic E-state index is 0.219. The van der Waals surface area contributed by atoms with Crippen molar-refractivity contribution in [3.63, 3.8) is 0 Å². The normalized spacial score (nSPS) is 27.0. The molecule has 1 N–H and O–H groups in total. The summed E-state index contributed by atoms with van der Waals surface area (Å²) in [6, 6.07) is 0. The van der Waals surface area contributed by atoms with Crippen LogP contribution in [0.15, 0.2) is 15.2 Å². The predicted molar refractivity (Wildman–Crippen MR) is 98.3 cm³/mol. The lowest BCUT2D eigenvalue weighted by Crippen LogP contribution is -2.41. The predicted octanol–water partition coefficient (Wildman–Crippen LogP) is 6.20. The Hall–Kier alpha value is 0.140. The van der Waals surface area contributed by atoms with Gasteiger partial charge >= 0.3 is 0 Å². The third-order valence-corrected chi connectivity index (χ3v) is 6.49. The van der Waals surface area contributed by atoms with Crippen LogP contribution in [0.4, 0.5) is 0 Å². The molecule has 1 saturated carbocycles. The topological polar surface area (TPSA) is 12.0 Å². The van der Waals surface area contributed by atoms with E-state index in [2.05, 4.69) is 59.7 Å². The van der Waals surface area contributed by atoms with Crippen molar-refractivity contribution in [3.05, 3.63) is 20.8 Å². The summed E-state index contributed by atoms with van der Waals surface area (Å²) in [5, 5.41) is 8.35. The third kappa shape index (κ3) is 5.07. The Morgan fingerprint density at radius 1 is 1.29 bits per heavy atom. The second-order valence-electron chi connectivity index (χ2n) is 7.64. The average molecular weight is 372 g/mol. The molecule has 0 radical (unpaired) electrons. The summed E-state index contributed by atoms with van der Waals surface area (Å²) >= 11 is 5.60. The fourth-order valence-corrected chi connectivity index (χ4v) is 5.26. The van der Waals surface area contributed by atoms with Crippen molar-refractivity contribution in [1.82, 2.24) is 5.32 Å². The Morgan fingerprint density at radius 2 is 2.05 bits per heavy atom. The Balaban J connectivity index is 2.09. The van der Waals surface area contributed by atoms with Gasteiger partial charge in [-0.05, 0) is 84.8 Å². The number of rotatable bonds is 5. The SMILES string of the molecule is CCCC1CCC(CNC(C)(C)C)C(c2cscc2Br)C1. The van der Waals surface area contributed by atoms with Crippen LogP contribution in [-0.2, 0) is 0 Å². The highest BCUT2D eigenvalue weighted by Gasteiger charge is 2.33. The molecule has 1 fully saturated rings. The molecule has 2 rings (SSSR count). The molecular weight excluding hydrogens is 342 g/mol. The Morgan fingerprint density at radius 3 is 2.62 bits per heavy atom. The van der Waals surface area contributed by atoms with Crippen molar-refractivity contribution < 1.29 is 0 Å². The fraction of sp³-hybridized carbons (Fsp3) is 0.778. The first-order valence-corrected chi connectivity index (χ1v) is 10.1. The van der Waals surface area contributed by atoms with Crippen LogP contribution < -0.4 is 5.32 Å². The van der Waals surface area contributed by atoms with E-state index in [9.17, 15) is 0 Å². The molecule has 0 aliphatic heterocycles. The first-order chi connectivity index (χ1) is 9.90. The van der Waals surface area contributed by atoms with Crippen molar-refractivity contribution in [2.24, 2.45) is 11.8 Å². The molecule has 1 aromatic rings. The summed E-state index contributed by atoms with van der Waals surface area (Å²) in [7, 11) is 0. The quantitative estimate of drug-likeness (QED) is 0.649. The van der Waals surface area contributed by atoms with Gasteiger partial charge in [0.2, 0.25) is 0 Å². The minimum absolute atomic E-state index is 0.219. The van der Waals surface area contributed by atoms with E-state index in [0.717, 1.165) is 24.3 Å². The van der Waals surface area contributed by atoms with Crippen LogP contribution in [0.1, 0.15) is 71.3 Å². The minimum Gasteiger partial charge on any atom is -0.312 e. The van der Waals surface area contributed by atoms with Gasteiger partial charge in [0.25, 0.3) is 0 Å². The highest BCUT2D eigenvalue weighted by atomic mass is 79.9. The standard InChI is InChI=1S/C18H30BrNS/c1-5-6-13-7-8-14(10-20-18(2,3)4)15(9-13)16-11-21-12-17(16)19/h11-15,20H,5-10H2,1-4H3. The smallest absolute Gasteiger partial charge is 0.0317 e. The highest BCUT2D eigenvalue weighted by molar-refractivity contribution is 9.10. The average Bonchev–Trinajstić information content (AvgIpc) is 2.83. The molecule has 120 valence electrons. The van der Waals surface area contributed by atoms with Gasteiger partial charge in [0.1, 0.15) is 0 Å². The molecule has 21 heavy (non-hydrogen) atoms. The van der Waals surface area contributed by atoms with Gasteiger partial charge in [0.15, 0.2) is 0 Å².